The van der Waals surface area contributed by atoms with Crippen molar-refractivity contribution < 1.29 is 9.53 Å². The van der Waals surface area contributed by atoms with Crippen molar-refractivity contribution >= 4 is 5.97 Å². The van der Waals surface area contributed by atoms with Crippen molar-refractivity contribution in [3.8, 4) is 0 Å². The first kappa shape index (κ1) is 13.5. The summed E-state index contributed by atoms with van der Waals surface area (Å²) in [4.78, 5) is 11.6. The predicted molar refractivity (Wildman–Crippen MR) is 65.2 cm³/mol. The van der Waals surface area contributed by atoms with Crippen LogP contribution in [0.2, 0.25) is 0 Å². The fraction of sp³-hybridized carbons (Fsp3) is 0.923. The summed E-state index contributed by atoms with van der Waals surface area (Å²) in [5, 5.41) is 3.33. The lowest BCUT2D eigenvalue weighted by molar-refractivity contribution is -0.150. The van der Waals surface area contributed by atoms with Gasteiger partial charge in [0.15, 0.2) is 0 Å². The van der Waals surface area contributed by atoms with Gasteiger partial charge in [0.2, 0.25) is 0 Å². The highest BCUT2D eigenvalue weighted by molar-refractivity contribution is 5.69. The van der Waals surface area contributed by atoms with E-state index in [9.17, 15) is 4.79 Å². The van der Waals surface area contributed by atoms with E-state index < -0.39 is 0 Å². The van der Waals surface area contributed by atoms with Crippen molar-refractivity contribution in [3.05, 3.63) is 0 Å². The summed E-state index contributed by atoms with van der Waals surface area (Å²) < 4.78 is 5.35. The Morgan fingerprint density at radius 3 is 2.50 bits per heavy atom. The van der Waals surface area contributed by atoms with Crippen molar-refractivity contribution in [2.45, 2.75) is 52.6 Å². The Morgan fingerprint density at radius 2 is 1.94 bits per heavy atom. The zero-order valence-corrected chi connectivity index (χ0v) is 10.8. The van der Waals surface area contributed by atoms with Crippen LogP contribution in [0.4, 0.5) is 0 Å². The second-order valence-corrected chi connectivity index (χ2v) is 5.17. The summed E-state index contributed by atoms with van der Waals surface area (Å²) in [5.74, 6) is 1.09. The lowest BCUT2D eigenvalue weighted by Gasteiger charge is -2.22. The Bertz CT molecular complexity index is 210. The van der Waals surface area contributed by atoms with Crippen LogP contribution in [0.25, 0.3) is 0 Å². The van der Waals surface area contributed by atoms with Crippen molar-refractivity contribution in [2.75, 3.05) is 13.1 Å². The van der Waals surface area contributed by atoms with Gasteiger partial charge in [-0.15, -0.1) is 0 Å². The van der Waals surface area contributed by atoms with Gasteiger partial charge in [-0.1, -0.05) is 13.8 Å². The summed E-state index contributed by atoms with van der Waals surface area (Å²) in [6.07, 6.45) is 4.02. The first-order valence-electron chi connectivity index (χ1n) is 6.49. The molecule has 1 aliphatic heterocycles. The Morgan fingerprint density at radius 1 is 1.31 bits per heavy atom. The van der Waals surface area contributed by atoms with Crippen LogP contribution in [0.1, 0.15) is 46.5 Å². The van der Waals surface area contributed by atoms with E-state index in [0.717, 1.165) is 19.5 Å². The van der Waals surface area contributed by atoms with Gasteiger partial charge in [-0.05, 0) is 51.1 Å². The normalized spacial score (nSPS) is 19.8. The van der Waals surface area contributed by atoms with Gasteiger partial charge >= 0.3 is 5.97 Å². The summed E-state index contributed by atoms with van der Waals surface area (Å²) in [7, 11) is 0. The van der Waals surface area contributed by atoms with Gasteiger partial charge in [0, 0.05) is 6.42 Å². The Balaban J connectivity index is 2.14. The molecule has 0 saturated carbocycles. The van der Waals surface area contributed by atoms with Crippen LogP contribution in [-0.4, -0.2) is 25.2 Å². The monoisotopic (exact) mass is 227 g/mol. The summed E-state index contributed by atoms with van der Waals surface area (Å²) in [6.45, 7) is 8.31. The highest BCUT2D eigenvalue weighted by atomic mass is 16.5. The van der Waals surface area contributed by atoms with Gasteiger partial charge in [-0.25, -0.2) is 0 Å². The number of rotatable bonds is 5. The minimum atomic E-state index is -0.0280. The molecule has 3 heteroatoms. The maximum Gasteiger partial charge on any atom is 0.306 e. The van der Waals surface area contributed by atoms with Crippen molar-refractivity contribution in [2.24, 2.45) is 11.8 Å². The molecule has 1 N–H and O–H groups in total. The fourth-order valence-corrected chi connectivity index (χ4v) is 1.89. The molecule has 1 aliphatic rings. The number of carbonyl (C=O) groups is 1. The molecule has 0 amide bonds. The van der Waals surface area contributed by atoms with Crippen LogP contribution in [0.3, 0.4) is 0 Å². The second-order valence-electron chi connectivity index (χ2n) is 5.17. The molecule has 0 spiro atoms. The van der Waals surface area contributed by atoms with E-state index in [1.165, 1.54) is 12.8 Å². The Labute approximate surface area is 98.9 Å². The minimum absolute atomic E-state index is 0.0280. The number of nitrogens with one attached hydrogen (secondary N) is 1. The van der Waals surface area contributed by atoms with Gasteiger partial charge in [0.25, 0.3) is 0 Å². The molecule has 0 aromatic rings. The van der Waals surface area contributed by atoms with Gasteiger partial charge in [0.1, 0.15) is 6.10 Å². The van der Waals surface area contributed by atoms with Gasteiger partial charge in [-0.3, -0.25) is 4.79 Å². The third kappa shape index (κ3) is 4.97. The molecule has 16 heavy (non-hydrogen) atoms. The number of piperidine rings is 1. The van der Waals surface area contributed by atoms with Gasteiger partial charge in [-0.2, -0.15) is 0 Å². The van der Waals surface area contributed by atoms with Crippen LogP contribution in [-0.2, 0) is 9.53 Å². The molecule has 3 nitrogen and oxygen atoms in total. The molecular weight excluding hydrogens is 202 g/mol. The van der Waals surface area contributed by atoms with Crippen LogP contribution in [0.15, 0.2) is 0 Å². The molecule has 1 saturated heterocycles. The molecular formula is C13H25NO2. The molecule has 0 aromatic carbocycles. The van der Waals surface area contributed by atoms with Crippen LogP contribution in [0.5, 0.6) is 0 Å². The SMILES string of the molecule is CC(C)C(C)OC(=O)CCC1CCNCC1. The number of esters is 1. The molecule has 94 valence electrons. The summed E-state index contributed by atoms with van der Waals surface area (Å²) >= 11 is 0. The predicted octanol–water partition coefficient (Wildman–Crippen LogP) is 2.35. The smallest absolute Gasteiger partial charge is 0.306 e. The molecule has 1 rings (SSSR count). The standard InChI is InChI=1S/C13H25NO2/c1-10(2)11(3)16-13(15)5-4-12-6-8-14-9-7-12/h10-12,14H,4-9H2,1-3H3. The average Bonchev–Trinajstić information content (AvgIpc) is 2.27. The Hall–Kier alpha value is -0.570. The maximum atomic E-state index is 11.6. The second kappa shape index (κ2) is 6.89. The fourth-order valence-electron chi connectivity index (χ4n) is 1.89. The van der Waals surface area contributed by atoms with Gasteiger partial charge in [0.05, 0.1) is 0 Å². The molecule has 0 radical (unpaired) electrons. The van der Waals surface area contributed by atoms with Crippen LogP contribution in [0, 0.1) is 11.8 Å². The molecule has 1 heterocycles. The van der Waals surface area contributed by atoms with Crippen molar-refractivity contribution in [3.63, 3.8) is 0 Å². The van der Waals surface area contributed by atoms with E-state index in [-0.39, 0.29) is 12.1 Å². The highest BCUT2D eigenvalue weighted by Gasteiger charge is 2.17. The third-order valence-electron chi connectivity index (χ3n) is 3.47. The molecule has 1 atom stereocenters. The molecule has 0 aromatic heterocycles. The molecule has 1 fully saturated rings. The van der Waals surface area contributed by atoms with E-state index >= 15 is 0 Å². The number of hydrogen-bond donors (Lipinski definition) is 1. The van der Waals surface area contributed by atoms with Crippen molar-refractivity contribution in [1.82, 2.24) is 5.32 Å². The molecule has 0 aliphatic carbocycles. The van der Waals surface area contributed by atoms with Crippen LogP contribution >= 0.6 is 0 Å². The van der Waals surface area contributed by atoms with Crippen LogP contribution < -0.4 is 5.32 Å². The van der Waals surface area contributed by atoms with E-state index in [4.69, 9.17) is 4.74 Å². The van der Waals surface area contributed by atoms with E-state index in [0.29, 0.717) is 18.3 Å². The molecule has 0 bridgehead atoms. The number of carbonyl (C=O) groups excluding carboxylic acids is 1. The van der Waals surface area contributed by atoms with E-state index in [2.05, 4.69) is 19.2 Å². The first-order valence-corrected chi connectivity index (χ1v) is 6.49. The summed E-state index contributed by atoms with van der Waals surface area (Å²) in [5.41, 5.74) is 0. The van der Waals surface area contributed by atoms with E-state index in [1.54, 1.807) is 0 Å². The maximum absolute atomic E-state index is 11.6. The lowest BCUT2D eigenvalue weighted by atomic mass is 9.93. The zero-order valence-electron chi connectivity index (χ0n) is 10.8. The number of hydrogen-bond acceptors (Lipinski definition) is 3. The van der Waals surface area contributed by atoms with Gasteiger partial charge < -0.3 is 10.1 Å². The lowest BCUT2D eigenvalue weighted by Crippen LogP contribution is -2.28. The summed E-state index contributed by atoms with van der Waals surface area (Å²) in [6, 6.07) is 0. The topological polar surface area (TPSA) is 38.3 Å². The van der Waals surface area contributed by atoms with E-state index in [1.807, 2.05) is 6.92 Å². The highest BCUT2D eigenvalue weighted by Crippen LogP contribution is 2.18. The quantitative estimate of drug-likeness (QED) is 0.733. The third-order valence-corrected chi connectivity index (χ3v) is 3.47. The Kier molecular flexibility index (Phi) is 5.81. The minimum Gasteiger partial charge on any atom is -0.462 e. The van der Waals surface area contributed by atoms with Crippen molar-refractivity contribution in [1.29, 1.82) is 0 Å². The number of ether oxygens (including phenoxy) is 1. The zero-order chi connectivity index (χ0) is 12.0. The average molecular weight is 227 g/mol. The largest absolute Gasteiger partial charge is 0.462 e. The first-order chi connectivity index (χ1) is 7.59. The molecule has 1 unspecified atom stereocenters.